The predicted molar refractivity (Wildman–Crippen MR) is 119 cm³/mol. The van der Waals surface area contributed by atoms with E-state index < -0.39 is 6.04 Å². The van der Waals surface area contributed by atoms with Crippen LogP contribution in [-0.2, 0) is 11.3 Å². The Labute approximate surface area is 185 Å². The number of ether oxygens (including phenoxy) is 1. The molecule has 1 N–H and O–H groups in total. The zero-order valence-electron chi connectivity index (χ0n) is 17.4. The zero-order valence-corrected chi connectivity index (χ0v) is 18.9. The molecule has 0 radical (unpaired) electrons. The van der Waals surface area contributed by atoms with Crippen LogP contribution < -0.4 is 10.1 Å². The Morgan fingerprint density at radius 1 is 1.17 bits per heavy atom. The van der Waals surface area contributed by atoms with Gasteiger partial charge in [-0.05, 0) is 61.4 Å². The van der Waals surface area contributed by atoms with Gasteiger partial charge in [0.05, 0.1) is 13.7 Å². The lowest BCUT2D eigenvalue weighted by Crippen LogP contribution is -2.44. The number of nitrogens with zero attached hydrogens (tertiary/aromatic N) is 1. The van der Waals surface area contributed by atoms with Gasteiger partial charge in [-0.2, -0.15) is 0 Å². The van der Waals surface area contributed by atoms with Crippen molar-refractivity contribution < 1.29 is 14.3 Å². The molecule has 1 atom stereocenters. The van der Waals surface area contributed by atoms with Gasteiger partial charge in [-0.25, -0.2) is 0 Å². The highest BCUT2D eigenvalue weighted by Gasteiger charge is 2.41. The smallest absolute Gasteiger partial charge is 0.255 e. The molecule has 4 rings (SSSR count). The molecule has 1 saturated carbocycles. The first-order valence-electron chi connectivity index (χ1n) is 10.5. The zero-order chi connectivity index (χ0) is 21.3. The van der Waals surface area contributed by atoms with Crippen molar-refractivity contribution in [2.45, 2.75) is 51.2 Å². The molecule has 0 bridgehead atoms. The van der Waals surface area contributed by atoms with Gasteiger partial charge >= 0.3 is 0 Å². The van der Waals surface area contributed by atoms with Crippen molar-refractivity contribution in [3.05, 3.63) is 63.6 Å². The maximum absolute atomic E-state index is 13.4. The molecule has 2 aromatic carbocycles. The number of methoxy groups -OCH3 is 1. The quantitative estimate of drug-likeness (QED) is 0.679. The standard InChI is InChI=1S/C24H27BrN2O3/c1-15-7-10-18(11-8-15)26-23(28)22-19-5-3-4-6-20(19)24(29)27(22)14-16-13-17(25)9-12-21(16)30-2/h3-6,9,12-13,15,18,22H,7-8,10-11,14H2,1-2H3,(H,26,28)/t15?,18?,22-/m1/s1. The number of amides is 2. The monoisotopic (exact) mass is 470 g/mol. The van der Waals surface area contributed by atoms with Crippen LogP contribution in [0.1, 0.15) is 60.1 Å². The van der Waals surface area contributed by atoms with Gasteiger partial charge in [0.1, 0.15) is 11.8 Å². The van der Waals surface area contributed by atoms with Crippen LogP contribution in [0.5, 0.6) is 5.75 Å². The Kier molecular flexibility index (Phi) is 6.14. The van der Waals surface area contributed by atoms with Gasteiger partial charge in [-0.15, -0.1) is 0 Å². The van der Waals surface area contributed by atoms with Crippen LogP contribution in [-0.4, -0.2) is 29.9 Å². The van der Waals surface area contributed by atoms with Crippen molar-refractivity contribution in [3.8, 4) is 5.75 Å². The number of hydrogen-bond acceptors (Lipinski definition) is 3. The van der Waals surface area contributed by atoms with Crippen LogP contribution in [0.2, 0.25) is 0 Å². The van der Waals surface area contributed by atoms with E-state index >= 15 is 0 Å². The summed E-state index contributed by atoms with van der Waals surface area (Å²) in [4.78, 5) is 28.3. The highest BCUT2D eigenvalue weighted by Crippen LogP contribution is 2.37. The van der Waals surface area contributed by atoms with Crippen molar-refractivity contribution in [2.75, 3.05) is 7.11 Å². The van der Waals surface area contributed by atoms with Gasteiger partial charge in [0, 0.05) is 21.6 Å². The first kappa shape index (κ1) is 20.9. The molecule has 158 valence electrons. The summed E-state index contributed by atoms with van der Waals surface area (Å²) in [6.07, 6.45) is 4.25. The third-order valence-electron chi connectivity index (χ3n) is 6.25. The van der Waals surface area contributed by atoms with E-state index in [1.807, 2.05) is 36.4 Å². The minimum Gasteiger partial charge on any atom is -0.496 e. The van der Waals surface area contributed by atoms with Crippen molar-refractivity contribution in [1.29, 1.82) is 0 Å². The number of hydrogen-bond donors (Lipinski definition) is 1. The topological polar surface area (TPSA) is 58.6 Å². The largest absolute Gasteiger partial charge is 0.496 e. The predicted octanol–water partition coefficient (Wildman–Crippen LogP) is 4.85. The molecule has 1 aliphatic carbocycles. The molecule has 0 spiro atoms. The van der Waals surface area contributed by atoms with Crippen molar-refractivity contribution in [1.82, 2.24) is 10.2 Å². The molecule has 1 aliphatic heterocycles. The van der Waals surface area contributed by atoms with E-state index in [1.165, 1.54) is 0 Å². The molecule has 2 aliphatic rings. The molecule has 6 heteroatoms. The first-order valence-corrected chi connectivity index (χ1v) is 11.3. The summed E-state index contributed by atoms with van der Waals surface area (Å²) in [6, 6.07) is 12.7. The summed E-state index contributed by atoms with van der Waals surface area (Å²) in [6.45, 7) is 2.56. The fourth-order valence-corrected chi connectivity index (χ4v) is 4.96. The second kappa shape index (κ2) is 8.80. The lowest BCUT2D eigenvalue weighted by atomic mass is 9.87. The van der Waals surface area contributed by atoms with Crippen LogP contribution in [0.15, 0.2) is 46.9 Å². The fraction of sp³-hybridized carbons (Fsp3) is 0.417. The highest BCUT2D eigenvalue weighted by atomic mass is 79.9. The van der Waals surface area contributed by atoms with E-state index in [4.69, 9.17) is 4.74 Å². The number of nitrogens with one attached hydrogen (secondary N) is 1. The van der Waals surface area contributed by atoms with Crippen molar-refractivity contribution in [3.63, 3.8) is 0 Å². The number of carbonyl (C=O) groups excluding carboxylic acids is 2. The maximum Gasteiger partial charge on any atom is 0.255 e. The molecular formula is C24H27BrN2O3. The van der Waals surface area contributed by atoms with E-state index in [1.54, 1.807) is 18.1 Å². The number of rotatable bonds is 5. The second-order valence-corrected chi connectivity index (χ2v) is 9.26. The molecular weight excluding hydrogens is 444 g/mol. The minimum atomic E-state index is -0.628. The Bertz CT molecular complexity index is 953. The lowest BCUT2D eigenvalue weighted by molar-refractivity contribution is -0.126. The molecule has 5 nitrogen and oxygen atoms in total. The van der Waals surface area contributed by atoms with Crippen LogP contribution in [0.3, 0.4) is 0 Å². The van der Waals surface area contributed by atoms with E-state index in [9.17, 15) is 9.59 Å². The normalized spacial score (nSPS) is 23.2. The van der Waals surface area contributed by atoms with Crippen LogP contribution >= 0.6 is 15.9 Å². The lowest BCUT2D eigenvalue weighted by Gasteiger charge is -2.30. The summed E-state index contributed by atoms with van der Waals surface area (Å²) in [7, 11) is 1.61. The first-order chi connectivity index (χ1) is 14.5. The van der Waals surface area contributed by atoms with E-state index in [0.29, 0.717) is 23.8 Å². The Morgan fingerprint density at radius 2 is 1.90 bits per heavy atom. The summed E-state index contributed by atoms with van der Waals surface area (Å²) >= 11 is 3.49. The van der Waals surface area contributed by atoms with E-state index in [2.05, 4.69) is 28.2 Å². The number of halogens is 1. The molecule has 0 aromatic heterocycles. The van der Waals surface area contributed by atoms with Gasteiger partial charge in [-0.3, -0.25) is 9.59 Å². The minimum absolute atomic E-state index is 0.0955. The van der Waals surface area contributed by atoms with Gasteiger partial charge in [0.2, 0.25) is 5.91 Å². The third kappa shape index (κ3) is 4.10. The number of fused-ring (bicyclic) bond motifs is 1. The van der Waals surface area contributed by atoms with Gasteiger partial charge in [0.15, 0.2) is 0 Å². The Morgan fingerprint density at radius 3 is 2.63 bits per heavy atom. The van der Waals surface area contributed by atoms with Crippen molar-refractivity contribution in [2.24, 2.45) is 5.92 Å². The average molecular weight is 471 g/mol. The van der Waals surface area contributed by atoms with E-state index in [0.717, 1.165) is 41.3 Å². The number of carbonyl (C=O) groups is 2. The van der Waals surface area contributed by atoms with Gasteiger partial charge in [0.25, 0.3) is 5.91 Å². The highest BCUT2D eigenvalue weighted by molar-refractivity contribution is 9.10. The van der Waals surface area contributed by atoms with Crippen molar-refractivity contribution >= 4 is 27.7 Å². The Balaban J connectivity index is 1.62. The summed E-state index contributed by atoms with van der Waals surface area (Å²) in [5.41, 5.74) is 2.24. The maximum atomic E-state index is 13.4. The average Bonchev–Trinajstić information content (AvgIpc) is 3.02. The third-order valence-corrected chi connectivity index (χ3v) is 6.75. The van der Waals surface area contributed by atoms with Gasteiger partial charge < -0.3 is 15.0 Å². The molecule has 0 saturated heterocycles. The molecule has 0 unspecified atom stereocenters. The van der Waals surface area contributed by atoms with Crippen LogP contribution in [0, 0.1) is 5.92 Å². The van der Waals surface area contributed by atoms with Crippen LogP contribution in [0.4, 0.5) is 0 Å². The summed E-state index contributed by atoms with van der Waals surface area (Å²) in [5, 5.41) is 3.23. The molecule has 2 amide bonds. The molecule has 2 aromatic rings. The molecule has 1 fully saturated rings. The molecule has 1 heterocycles. The summed E-state index contributed by atoms with van der Waals surface area (Å²) in [5.74, 6) is 1.20. The Hall–Kier alpha value is -2.34. The molecule has 30 heavy (non-hydrogen) atoms. The number of benzene rings is 2. The van der Waals surface area contributed by atoms with E-state index in [-0.39, 0.29) is 17.9 Å². The SMILES string of the molecule is COc1ccc(Br)cc1CN1C(=O)c2ccccc2[C@@H]1C(=O)NC1CCC(C)CC1. The van der Waals surface area contributed by atoms with Crippen LogP contribution in [0.25, 0.3) is 0 Å². The second-order valence-electron chi connectivity index (χ2n) is 8.34. The fourth-order valence-electron chi connectivity index (χ4n) is 4.55. The van der Waals surface area contributed by atoms with Gasteiger partial charge in [-0.1, -0.05) is 41.1 Å². The summed E-state index contributed by atoms with van der Waals surface area (Å²) < 4.78 is 6.39.